The molecule has 0 aromatic carbocycles. The minimum Gasteiger partial charge on any atom is -0.480 e. The second-order valence-corrected chi connectivity index (χ2v) is 6.30. The molecule has 2 N–H and O–H groups in total. The van der Waals surface area contributed by atoms with Gasteiger partial charge >= 0.3 is 5.97 Å². The first-order valence-electron chi connectivity index (χ1n) is 8.03. The van der Waals surface area contributed by atoms with Gasteiger partial charge in [-0.2, -0.15) is 5.10 Å². The molecule has 1 aromatic heterocycles. The number of carboxylic acid groups (broad SMARTS) is 1. The summed E-state index contributed by atoms with van der Waals surface area (Å²) in [6, 6.07) is 0.544. The molecule has 6 heteroatoms. The van der Waals surface area contributed by atoms with Crippen molar-refractivity contribution in [3.8, 4) is 0 Å². The zero-order valence-corrected chi connectivity index (χ0v) is 12.8. The van der Waals surface area contributed by atoms with E-state index in [2.05, 4.69) is 22.3 Å². The van der Waals surface area contributed by atoms with E-state index in [1.54, 1.807) is 0 Å². The maximum absolute atomic E-state index is 11.8. The Morgan fingerprint density at radius 1 is 1.38 bits per heavy atom. The van der Waals surface area contributed by atoms with Gasteiger partial charge in [0, 0.05) is 18.9 Å². The minimum absolute atomic E-state index is 0.148. The van der Waals surface area contributed by atoms with Crippen molar-refractivity contribution in [2.75, 3.05) is 0 Å². The molecule has 0 spiro atoms. The van der Waals surface area contributed by atoms with Gasteiger partial charge in [-0.25, -0.2) is 9.67 Å². The van der Waals surface area contributed by atoms with E-state index in [-0.39, 0.29) is 6.04 Å². The summed E-state index contributed by atoms with van der Waals surface area (Å²) in [7, 11) is 0. The van der Waals surface area contributed by atoms with Gasteiger partial charge in [0.2, 0.25) is 0 Å². The molecule has 3 rings (SSSR count). The van der Waals surface area contributed by atoms with Crippen LogP contribution in [0.4, 0.5) is 0 Å². The van der Waals surface area contributed by atoms with E-state index in [0.29, 0.717) is 18.9 Å². The molecule has 21 heavy (non-hydrogen) atoms. The number of nitrogens with zero attached hydrogens (tertiary/aromatic N) is 3. The molecule has 0 radical (unpaired) electrons. The van der Waals surface area contributed by atoms with Gasteiger partial charge in [-0.05, 0) is 32.1 Å². The number of aryl methyl sites for hydroxylation is 2. The van der Waals surface area contributed by atoms with E-state index in [1.165, 1.54) is 0 Å². The summed E-state index contributed by atoms with van der Waals surface area (Å²) in [5.74, 6) is 1.12. The molecular weight excluding hydrogens is 268 g/mol. The number of hydrogen-bond acceptors (Lipinski definition) is 4. The van der Waals surface area contributed by atoms with E-state index in [1.807, 2.05) is 11.6 Å². The third-order valence-corrected chi connectivity index (χ3v) is 4.68. The number of carbonyl (C=O) groups is 1. The van der Waals surface area contributed by atoms with Crippen LogP contribution in [0, 0.1) is 0 Å². The Morgan fingerprint density at radius 3 is 2.71 bits per heavy atom. The molecule has 1 heterocycles. The normalized spacial score (nSPS) is 29.0. The van der Waals surface area contributed by atoms with E-state index >= 15 is 0 Å². The van der Waals surface area contributed by atoms with Gasteiger partial charge < -0.3 is 5.11 Å². The van der Waals surface area contributed by atoms with Crippen LogP contribution in [0.3, 0.4) is 0 Å². The Balaban J connectivity index is 1.81. The largest absolute Gasteiger partial charge is 0.480 e. The molecule has 6 nitrogen and oxygen atoms in total. The quantitative estimate of drug-likeness (QED) is 0.834. The molecule has 0 amide bonds. The molecule has 2 saturated carbocycles. The Morgan fingerprint density at radius 2 is 2.14 bits per heavy atom. The van der Waals surface area contributed by atoms with Crippen LogP contribution in [0.15, 0.2) is 0 Å². The standard InChI is InChI=1S/C15H24N4O2/c1-3-12-16-13(4-2)19(18-12)11-7-8-15(9-11,14(20)21)17-10-5-6-10/h10-11,17H,3-9H2,1-2H3,(H,20,21). The van der Waals surface area contributed by atoms with Gasteiger partial charge in [0.1, 0.15) is 11.4 Å². The molecule has 0 saturated heterocycles. The monoisotopic (exact) mass is 292 g/mol. The average Bonchev–Trinajstić information content (AvgIpc) is 3.03. The number of carboxylic acids is 1. The molecule has 2 aliphatic rings. The maximum Gasteiger partial charge on any atom is 0.323 e. The maximum atomic E-state index is 11.8. The van der Waals surface area contributed by atoms with Crippen molar-refractivity contribution in [3.63, 3.8) is 0 Å². The van der Waals surface area contributed by atoms with Gasteiger partial charge in [-0.1, -0.05) is 13.8 Å². The zero-order chi connectivity index (χ0) is 15.0. The van der Waals surface area contributed by atoms with Crippen LogP contribution in [0.25, 0.3) is 0 Å². The topological polar surface area (TPSA) is 80.0 Å². The highest BCUT2D eigenvalue weighted by Crippen LogP contribution is 2.40. The van der Waals surface area contributed by atoms with Crippen LogP contribution < -0.4 is 5.32 Å². The molecule has 0 bridgehead atoms. The van der Waals surface area contributed by atoms with Crippen LogP contribution in [-0.2, 0) is 17.6 Å². The SMILES string of the molecule is CCc1nc(CC)n(C2CCC(NC3CC3)(C(=O)O)C2)n1. The van der Waals surface area contributed by atoms with Crippen LogP contribution in [0.2, 0.25) is 0 Å². The highest BCUT2D eigenvalue weighted by molar-refractivity contribution is 5.79. The Kier molecular flexibility index (Phi) is 3.73. The fraction of sp³-hybridized carbons (Fsp3) is 0.800. The molecule has 116 valence electrons. The van der Waals surface area contributed by atoms with Crippen molar-refractivity contribution in [2.24, 2.45) is 0 Å². The molecule has 1 aromatic rings. The van der Waals surface area contributed by atoms with Gasteiger partial charge in [0.25, 0.3) is 0 Å². The second kappa shape index (κ2) is 5.40. The van der Waals surface area contributed by atoms with Crippen molar-refractivity contribution >= 4 is 5.97 Å². The lowest BCUT2D eigenvalue weighted by atomic mass is 9.97. The van der Waals surface area contributed by atoms with Crippen molar-refractivity contribution in [1.29, 1.82) is 0 Å². The first-order valence-corrected chi connectivity index (χ1v) is 8.03. The lowest BCUT2D eigenvalue weighted by Gasteiger charge is -2.26. The van der Waals surface area contributed by atoms with Gasteiger partial charge in [0.15, 0.2) is 5.82 Å². The summed E-state index contributed by atoms with van der Waals surface area (Å²) in [5.41, 5.74) is -0.769. The third-order valence-electron chi connectivity index (χ3n) is 4.68. The Hall–Kier alpha value is -1.43. The van der Waals surface area contributed by atoms with Crippen molar-refractivity contribution in [2.45, 2.75) is 76.4 Å². The minimum atomic E-state index is -0.769. The zero-order valence-electron chi connectivity index (χ0n) is 12.8. The van der Waals surface area contributed by atoms with Crippen molar-refractivity contribution in [1.82, 2.24) is 20.1 Å². The van der Waals surface area contributed by atoms with Crippen molar-refractivity contribution < 1.29 is 9.90 Å². The molecule has 2 fully saturated rings. The first-order chi connectivity index (χ1) is 10.1. The second-order valence-electron chi connectivity index (χ2n) is 6.30. The van der Waals surface area contributed by atoms with Crippen LogP contribution in [0.1, 0.15) is 63.6 Å². The van der Waals surface area contributed by atoms with E-state index in [0.717, 1.165) is 43.8 Å². The summed E-state index contributed by atoms with van der Waals surface area (Å²) in [5, 5.41) is 17.6. The molecular formula is C15H24N4O2. The smallest absolute Gasteiger partial charge is 0.323 e. The summed E-state index contributed by atoms with van der Waals surface area (Å²) in [6.45, 7) is 4.12. The fourth-order valence-electron chi connectivity index (χ4n) is 3.32. The Bertz CT molecular complexity index is 538. The number of aliphatic carboxylic acids is 1. The molecule has 2 atom stereocenters. The number of aromatic nitrogens is 3. The predicted molar refractivity (Wildman–Crippen MR) is 78.2 cm³/mol. The van der Waals surface area contributed by atoms with Crippen LogP contribution >= 0.6 is 0 Å². The van der Waals surface area contributed by atoms with Gasteiger partial charge in [0.05, 0.1) is 6.04 Å². The van der Waals surface area contributed by atoms with E-state index < -0.39 is 11.5 Å². The van der Waals surface area contributed by atoms with Crippen LogP contribution in [0.5, 0.6) is 0 Å². The Labute approximate surface area is 124 Å². The first kappa shape index (κ1) is 14.5. The lowest BCUT2D eigenvalue weighted by Crippen LogP contribution is -2.51. The van der Waals surface area contributed by atoms with Gasteiger partial charge in [-0.3, -0.25) is 10.1 Å². The molecule has 2 unspecified atom stereocenters. The summed E-state index contributed by atoms with van der Waals surface area (Å²) >= 11 is 0. The highest BCUT2D eigenvalue weighted by atomic mass is 16.4. The average molecular weight is 292 g/mol. The lowest BCUT2D eigenvalue weighted by molar-refractivity contribution is -0.144. The van der Waals surface area contributed by atoms with E-state index in [4.69, 9.17) is 0 Å². The number of nitrogens with one attached hydrogen (secondary N) is 1. The summed E-state index contributed by atoms with van der Waals surface area (Å²) in [4.78, 5) is 16.3. The number of rotatable bonds is 6. The highest BCUT2D eigenvalue weighted by Gasteiger charge is 2.49. The van der Waals surface area contributed by atoms with Crippen molar-refractivity contribution in [3.05, 3.63) is 11.6 Å². The summed E-state index contributed by atoms with van der Waals surface area (Å²) < 4.78 is 1.98. The van der Waals surface area contributed by atoms with E-state index in [9.17, 15) is 9.90 Å². The molecule has 2 aliphatic carbocycles. The fourth-order valence-corrected chi connectivity index (χ4v) is 3.32. The van der Waals surface area contributed by atoms with Gasteiger partial charge in [-0.15, -0.1) is 0 Å². The number of hydrogen-bond donors (Lipinski definition) is 2. The predicted octanol–water partition coefficient (Wildman–Crippen LogP) is 1.70. The summed E-state index contributed by atoms with van der Waals surface area (Å²) in [6.07, 6.45) is 5.99. The third kappa shape index (κ3) is 2.69. The molecule has 0 aliphatic heterocycles. The van der Waals surface area contributed by atoms with Crippen LogP contribution in [-0.4, -0.2) is 37.4 Å².